The molecule has 346 valence electrons. The third kappa shape index (κ3) is 9.29. The number of nitrogens with zero attached hydrogens (tertiary/aromatic N) is 4. The van der Waals surface area contributed by atoms with Crippen LogP contribution >= 0.6 is 0 Å². The predicted molar refractivity (Wildman–Crippen MR) is 268 cm³/mol. The molecule has 0 amide bonds. The van der Waals surface area contributed by atoms with E-state index in [1.54, 1.807) is 111 Å². The first-order chi connectivity index (χ1) is 33.0. The molecule has 4 atom stereocenters. The van der Waals surface area contributed by atoms with Gasteiger partial charge in [0.15, 0.2) is 19.7 Å². The Labute approximate surface area is 397 Å². The summed E-state index contributed by atoms with van der Waals surface area (Å²) in [5.41, 5.74) is 5.94. The fourth-order valence-electron chi connectivity index (χ4n) is 8.93. The van der Waals surface area contributed by atoms with Gasteiger partial charge in [0.05, 0.1) is 62.7 Å². The van der Waals surface area contributed by atoms with Crippen LogP contribution in [0.2, 0.25) is 0 Å². The Hall–Kier alpha value is -7.42. The SMILES string of the molecule is COc1ccc(CS(=O)(=O)C2C(c3ccc(OC)cc3)=NN(c3ccccc3)C2c2ccc(C3C(S(=O)(=O)Cc4ccc(OC)cc4)C(c4ccc(OC)cc4)=NN3c3ccccc3)cc2)cc1. The monoisotopic (exact) mass is 946 g/mol. The van der Waals surface area contributed by atoms with Gasteiger partial charge in [-0.2, -0.15) is 10.2 Å². The number of hydrazone groups is 2. The van der Waals surface area contributed by atoms with Crippen molar-refractivity contribution >= 4 is 42.5 Å². The Kier molecular flexibility index (Phi) is 13.1. The van der Waals surface area contributed by atoms with E-state index in [0.717, 1.165) is 0 Å². The third-order valence-electron chi connectivity index (χ3n) is 12.3. The molecule has 2 heterocycles. The molecule has 0 spiro atoms. The lowest BCUT2D eigenvalue weighted by molar-refractivity contribution is 0.414. The van der Waals surface area contributed by atoms with Crippen molar-refractivity contribution < 1.29 is 35.8 Å². The average Bonchev–Trinajstić information content (AvgIpc) is 4.00. The molecule has 0 bridgehead atoms. The summed E-state index contributed by atoms with van der Waals surface area (Å²) in [6.07, 6.45) is 0. The number of sulfone groups is 2. The van der Waals surface area contributed by atoms with Gasteiger partial charge >= 0.3 is 0 Å². The van der Waals surface area contributed by atoms with Gasteiger partial charge in [-0.3, -0.25) is 10.0 Å². The molecule has 0 saturated carbocycles. The molecule has 0 N–H and O–H groups in total. The van der Waals surface area contributed by atoms with Crippen molar-refractivity contribution in [1.29, 1.82) is 0 Å². The summed E-state index contributed by atoms with van der Waals surface area (Å²) in [7, 11) is -1.76. The van der Waals surface area contributed by atoms with Crippen molar-refractivity contribution in [2.24, 2.45) is 10.2 Å². The molecular weight excluding hydrogens is 897 g/mol. The Bertz CT molecular complexity index is 2920. The van der Waals surface area contributed by atoms with Gasteiger partial charge in [0.2, 0.25) is 0 Å². The number of anilines is 2. The van der Waals surface area contributed by atoms with Crippen LogP contribution in [0.15, 0.2) is 192 Å². The van der Waals surface area contributed by atoms with Crippen molar-refractivity contribution in [2.75, 3.05) is 38.5 Å². The van der Waals surface area contributed by atoms with E-state index in [2.05, 4.69) is 0 Å². The van der Waals surface area contributed by atoms with Crippen LogP contribution in [-0.4, -0.2) is 67.2 Å². The fourth-order valence-corrected chi connectivity index (χ4v) is 13.0. The van der Waals surface area contributed by atoms with Crippen LogP contribution in [0.5, 0.6) is 23.0 Å². The molecule has 68 heavy (non-hydrogen) atoms. The molecule has 2 aliphatic rings. The molecule has 0 saturated heterocycles. The van der Waals surface area contributed by atoms with Gasteiger partial charge in [-0.05, 0) is 130 Å². The van der Waals surface area contributed by atoms with Gasteiger partial charge in [0, 0.05) is 0 Å². The fraction of sp³-hybridized carbons (Fsp3) is 0.185. The normalized spacial score (nSPS) is 18.2. The number of rotatable bonds is 16. The molecule has 0 radical (unpaired) electrons. The van der Waals surface area contributed by atoms with Gasteiger partial charge in [-0.1, -0.05) is 84.9 Å². The summed E-state index contributed by atoms with van der Waals surface area (Å²) in [6.45, 7) is 0. The highest BCUT2D eigenvalue weighted by atomic mass is 32.2. The van der Waals surface area contributed by atoms with Crippen LogP contribution in [-0.2, 0) is 31.2 Å². The first-order valence-electron chi connectivity index (χ1n) is 21.9. The highest BCUT2D eigenvalue weighted by Gasteiger charge is 2.49. The summed E-state index contributed by atoms with van der Waals surface area (Å²) in [5, 5.41) is 11.6. The maximum Gasteiger partial charge on any atom is 0.165 e. The number of hydrogen-bond donors (Lipinski definition) is 0. The smallest absolute Gasteiger partial charge is 0.165 e. The lowest BCUT2D eigenvalue weighted by atomic mass is 9.93. The van der Waals surface area contributed by atoms with Crippen LogP contribution in [0.3, 0.4) is 0 Å². The second-order valence-electron chi connectivity index (χ2n) is 16.5. The molecule has 14 heteroatoms. The molecule has 9 rings (SSSR count). The van der Waals surface area contributed by atoms with E-state index in [0.29, 0.717) is 79.2 Å². The van der Waals surface area contributed by atoms with Crippen molar-refractivity contribution in [3.8, 4) is 23.0 Å². The van der Waals surface area contributed by atoms with Crippen LogP contribution in [0.25, 0.3) is 0 Å². The third-order valence-corrected chi connectivity index (χ3v) is 16.3. The lowest BCUT2D eigenvalue weighted by Crippen LogP contribution is -2.38. The first kappa shape index (κ1) is 45.7. The molecular formula is C54H50N4O8S2. The van der Waals surface area contributed by atoms with Gasteiger partial charge < -0.3 is 18.9 Å². The van der Waals surface area contributed by atoms with Gasteiger partial charge in [0.1, 0.15) is 45.6 Å². The average molecular weight is 947 g/mol. The number of benzene rings is 7. The van der Waals surface area contributed by atoms with Crippen molar-refractivity contribution in [3.63, 3.8) is 0 Å². The number of para-hydroxylation sites is 2. The van der Waals surface area contributed by atoms with Crippen LogP contribution < -0.4 is 29.0 Å². The Morgan fingerprint density at radius 2 is 0.691 bits per heavy atom. The Morgan fingerprint density at radius 3 is 0.985 bits per heavy atom. The van der Waals surface area contributed by atoms with Crippen molar-refractivity contribution in [2.45, 2.75) is 34.1 Å². The van der Waals surface area contributed by atoms with Crippen molar-refractivity contribution in [1.82, 2.24) is 0 Å². The molecule has 0 aliphatic carbocycles. The topological polar surface area (TPSA) is 136 Å². The number of hydrogen-bond acceptors (Lipinski definition) is 12. The molecule has 0 fully saturated rings. The largest absolute Gasteiger partial charge is 0.497 e. The maximum absolute atomic E-state index is 15.2. The van der Waals surface area contributed by atoms with Gasteiger partial charge in [-0.15, -0.1) is 0 Å². The van der Waals surface area contributed by atoms with E-state index in [9.17, 15) is 0 Å². The van der Waals surface area contributed by atoms with Gasteiger partial charge in [0.25, 0.3) is 0 Å². The molecule has 0 aromatic heterocycles. The summed E-state index contributed by atoms with van der Waals surface area (Å²) in [4.78, 5) is 0. The summed E-state index contributed by atoms with van der Waals surface area (Å²) < 4.78 is 82.4. The van der Waals surface area contributed by atoms with E-state index in [1.165, 1.54) is 0 Å². The molecule has 2 aliphatic heterocycles. The Morgan fingerprint density at radius 1 is 0.397 bits per heavy atom. The second-order valence-corrected chi connectivity index (χ2v) is 20.7. The lowest BCUT2D eigenvalue weighted by Gasteiger charge is -2.31. The zero-order valence-electron chi connectivity index (χ0n) is 37.9. The van der Waals surface area contributed by atoms with E-state index in [4.69, 9.17) is 29.2 Å². The Balaban J connectivity index is 1.18. The molecule has 12 nitrogen and oxygen atoms in total. The maximum atomic E-state index is 15.2. The molecule has 7 aromatic carbocycles. The second kappa shape index (κ2) is 19.4. The van der Waals surface area contributed by atoms with E-state index in [1.807, 2.05) is 109 Å². The van der Waals surface area contributed by atoms with Crippen LogP contribution in [0, 0.1) is 0 Å². The summed E-state index contributed by atoms with van der Waals surface area (Å²) >= 11 is 0. The minimum Gasteiger partial charge on any atom is -0.497 e. The number of methoxy groups -OCH3 is 4. The zero-order valence-corrected chi connectivity index (χ0v) is 39.5. The molecule has 4 unspecified atom stereocenters. The molecule has 7 aromatic rings. The van der Waals surface area contributed by atoms with Crippen LogP contribution in [0.1, 0.15) is 45.5 Å². The standard InChI is InChI=1S/C54H50N4O8S2/c1-63-45-27-15-37(16-28-45)35-67(59,60)53-49(39-23-31-47(65-3)32-24-39)55-57(43-11-7-5-8-12-43)51(53)41-19-21-42(22-20-41)52-54(68(61,62)36-38-17-29-46(64-2)30-18-38)50(40-25-33-48(66-4)34-26-40)56-58(52)44-13-9-6-10-14-44/h5-34,51-54H,35-36H2,1-4H3. The minimum atomic E-state index is -4.03. The first-order valence-corrected chi connectivity index (χ1v) is 25.4. The predicted octanol–water partition coefficient (Wildman–Crippen LogP) is 9.62. The minimum absolute atomic E-state index is 0.263. The van der Waals surface area contributed by atoms with E-state index in [-0.39, 0.29) is 11.5 Å². The summed E-state index contributed by atoms with van der Waals surface area (Å²) in [6, 6.07) is 53.4. The number of ether oxygens (including phenoxy) is 4. The van der Waals surface area contributed by atoms with Crippen molar-refractivity contribution in [3.05, 3.63) is 215 Å². The van der Waals surface area contributed by atoms with E-state index < -0.39 is 42.3 Å². The highest BCUT2D eigenvalue weighted by Crippen LogP contribution is 2.45. The van der Waals surface area contributed by atoms with Crippen LogP contribution in [0.4, 0.5) is 11.4 Å². The quantitative estimate of drug-likeness (QED) is 0.0922. The zero-order chi connectivity index (χ0) is 47.4. The highest BCUT2D eigenvalue weighted by molar-refractivity contribution is 7.92. The summed E-state index contributed by atoms with van der Waals surface area (Å²) in [5.74, 6) is 1.95. The van der Waals surface area contributed by atoms with E-state index >= 15 is 16.8 Å². The van der Waals surface area contributed by atoms with Gasteiger partial charge in [-0.25, -0.2) is 16.8 Å².